The van der Waals surface area contributed by atoms with Gasteiger partial charge in [0, 0.05) is 0 Å². The van der Waals surface area contributed by atoms with Gasteiger partial charge in [0.05, 0.1) is 0 Å². The van der Waals surface area contributed by atoms with E-state index in [-0.39, 0.29) is 3.74 Å². The van der Waals surface area contributed by atoms with Crippen LogP contribution in [-0.4, -0.2) is 3.74 Å². The van der Waals surface area contributed by atoms with Gasteiger partial charge in [-0.05, 0) is 6.92 Å². The Bertz CT molecular complexity index is 75.3. The van der Waals surface area contributed by atoms with E-state index in [0.717, 1.165) is 0 Å². The predicted octanol–water partition coefficient (Wildman–Crippen LogP) is 2.13. The number of alkyl halides is 2. The Kier molecular flexibility index (Phi) is 4.02. The lowest BCUT2D eigenvalue weighted by Crippen LogP contribution is -1.70. The Morgan fingerprint density at radius 3 is 2.00 bits per heavy atom. The van der Waals surface area contributed by atoms with Crippen LogP contribution in [0, 0.1) is 11.8 Å². The Labute approximate surface area is 54.6 Å². The number of rotatable bonds is 0. The lowest BCUT2D eigenvalue weighted by molar-refractivity contribution is 1.81. The van der Waals surface area contributed by atoms with Crippen LogP contribution in [0.4, 0.5) is 0 Å². The first-order chi connectivity index (χ1) is 2.77. The van der Waals surface area contributed by atoms with Gasteiger partial charge in [-0.1, -0.05) is 37.8 Å². The molecule has 0 heterocycles. The van der Waals surface area contributed by atoms with Crippen LogP contribution in [0.5, 0.6) is 0 Å². The van der Waals surface area contributed by atoms with Gasteiger partial charge in [0.1, 0.15) is 3.74 Å². The highest BCUT2D eigenvalue weighted by Crippen LogP contribution is 2.03. The van der Waals surface area contributed by atoms with Gasteiger partial charge in [0.15, 0.2) is 0 Å². The summed E-state index contributed by atoms with van der Waals surface area (Å²) < 4.78 is 0.162. The van der Waals surface area contributed by atoms with E-state index in [0.29, 0.717) is 0 Å². The molecular formula is C4H4Br2. The van der Waals surface area contributed by atoms with Crippen LogP contribution in [0.25, 0.3) is 0 Å². The second-order valence-corrected chi connectivity index (χ2v) is 3.76. The molecule has 0 N–H and O–H groups in total. The van der Waals surface area contributed by atoms with Crippen molar-refractivity contribution in [3.05, 3.63) is 0 Å². The zero-order valence-electron chi connectivity index (χ0n) is 3.33. The largest absolute Gasteiger partial charge is 0.130 e. The molecule has 0 unspecified atom stereocenters. The summed E-state index contributed by atoms with van der Waals surface area (Å²) in [6.07, 6.45) is 0. The van der Waals surface area contributed by atoms with Crippen molar-refractivity contribution in [1.29, 1.82) is 0 Å². The standard InChI is InChI=1S/C4H4Br2/c1-2-3-4(5)6/h4H,1H3. The number of hydrogen-bond acceptors (Lipinski definition) is 0. The van der Waals surface area contributed by atoms with Gasteiger partial charge in [-0.3, -0.25) is 0 Å². The Hall–Kier alpha value is 0.520. The van der Waals surface area contributed by atoms with Crippen LogP contribution in [0.15, 0.2) is 0 Å². The highest BCUT2D eigenvalue weighted by atomic mass is 79.9. The molecule has 0 radical (unpaired) electrons. The molecule has 2 heteroatoms. The molecule has 0 bridgehead atoms. The van der Waals surface area contributed by atoms with Gasteiger partial charge in [-0.25, -0.2) is 0 Å². The van der Waals surface area contributed by atoms with Crippen molar-refractivity contribution >= 4 is 31.9 Å². The first-order valence-electron chi connectivity index (χ1n) is 1.48. The summed E-state index contributed by atoms with van der Waals surface area (Å²) in [4.78, 5) is 0. The molecular weight excluding hydrogens is 208 g/mol. The number of hydrogen-bond donors (Lipinski definition) is 0. The molecule has 0 spiro atoms. The van der Waals surface area contributed by atoms with Gasteiger partial charge in [0.2, 0.25) is 0 Å². The summed E-state index contributed by atoms with van der Waals surface area (Å²) in [6, 6.07) is 0. The summed E-state index contributed by atoms with van der Waals surface area (Å²) in [5.74, 6) is 5.52. The van der Waals surface area contributed by atoms with E-state index in [9.17, 15) is 0 Å². The van der Waals surface area contributed by atoms with Crippen LogP contribution in [0.3, 0.4) is 0 Å². The molecule has 0 aliphatic rings. The maximum atomic E-state index is 3.18. The van der Waals surface area contributed by atoms with Crippen molar-refractivity contribution in [2.75, 3.05) is 0 Å². The molecule has 0 aromatic carbocycles. The minimum absolute atomic E-state index is 0.162. The molecule has 0 saturated carbocycles. The molecule has 0 saturated heterocycles. The Morgan fingerprint density at radius 2 is 2.00 bits per heavy atom. The van der Waals surface area contributed by atoms with Gasteiger partial charge in [-0.15, -0.1) is 5.92 Å². The molecule has 6 heavy (non-hydrogen) atoms. The highest BCUT2D eigenvalue weighted by Gasteiger charge is 1.81. The molecule has 0 nitrogen and oxygen atoms in total. The molecule has 0 atom stereocenters. The molecule has 34 valence electrons. The lowest BCUT2D eigenvalue weighted by Gasteiger charge is -1.76. The Morgan fingerprint density at radius 1 is 1.50 bits per heavy atom. The monoisotopic (exact) mass is 210 g/mol. The fraction of sp³-hybridized carbons (Fsp3) is 0.500. The van der Waals surface area contributed by atoms with Gasteiger partial charge in [0.25, 0.3) is 0 Å². The minimum Gasteiger partial charge on any atom is -0.105 e. The maximum Gasteiger partial charge on any atom is 0.130 e. The molecule has 0 amide bonds. The van der Waals surface area contributed by atoms with Crippen LogP contribution in [0.2, 0.25) is 0 Å². The van der Waals surface area contributed by atoms with Crippen molar-refractivity contribution in [2.24, 2.45) is 0 Å². The molecule has 0 rings (SSSR count). The third-order valence-corrected chi connectivity index (χ3v) is 0.711. The minimum atomic E-state index is 0.162. The summed E-state index contributed by atoms with van der Waals surface area (Å²) in [7, 11) is 0. The molecule has 0 aliphatic carbocycles. The van der Waals surface area contributed by atoms with Gasteiger partial charge in [-0.2, -0.15) is 0 Å². The van der Waals surface area contributed by atoms with E-state index >= 15 is 0 Å². The normalized spacial score (nSPS) is 7.33. The van der Waals surface area contributed by atoms with E-state index in [1.165, 1.54) is 0 Å². The van der Waals surface area contributed by atoms with Crippen molar-refractivity contribution in [3.8, 4) is 11.8 Å². The van der Waals surface area contributed by atoms with Crippen LogP contribution >= 0.6 is 31.9 Å². The van der Waals surface area contributed by atoms with E-state index in [2.05, 4.69) is 43.7 Å². The van der Waals surface area contributed by atoms with Crippen molar-refractivity contribution in [3.63, 3.8) is 0 Å². The van der Waals surface area contributed by atoms with Gasteiger partial charge >= 0.3 is 0 Å². The van der Waals surface area contributed by atoms with Crippen molar-refractivity contribution in [1.82, 2.24) is 0 Å². The predicted molar refractivity (Wildman–Crippen MR) is 35.1 cm³/mol. The quantitative estimate of drug-likeness (QED) is 0.426. The molecule has 0 aromatic heterocycles. The summed E-state index contributed by atoms with van der Waals surface area (Å²) >= 11 is 6.36. The van der Waals surface area contributed by atoms with Crippen LogP contribution in [0.1, 0.15) is 6.92 Å². The third kappa shape index (κ3) is 4.52. The number of halogens is 2. The summed E-state index contributed by atoms with van der Waals surface area (Å²) in [6.45, 7) is 1.80. The summed E-state index contributed by atoms with van der Waals surface area (Å²) in [5.41, 5.74) is 0. The molecule has 0 aromatic rings. The molecule has 0 aliphatic heterocycles. The van der Waals surface area contributed by atoms with Crippen molar-refractivity contribution in [2.45, 2.75) is 10.7 Å². The smallest absolute Gasteiger partial charge is 0.105 e. The van der Waals surface area contributed by atoms with Crippen LogP contribution < -0.4 is 0 Å². The maximum absolute atomic E-state index is 3.18. The average molecular weight is 212 g/mol. The average Bonchev–Trinajstić information content (AvgIpc) is 1.35. The first kappa shape index (κ1) is 6.52. The fourth-order valence-corrected chi connectivity index (χ4v) is 0.567. The fourth-order valence-electron chi connectivity index (χ4n) is 0.109. The van der Waals surface area contributed by atoms with Gasteiger partial charge < -0.3 is 0 Å². The summed E-state index contributed by atoms with van der Waals surface area (Å²) in [5, 5.41) is 0. The van der Waals surface area contributed by atoms with Crippen molar-refractivity contribution < 1.29 is 0 Å². The zero-order valence-corrected chi connectivity index (χ0v) is 6.51. The van der Waals surface area contributed by atoms with Crippen LogP contribution in [-0.2, 0) is 0 Å². The van der Waals surface area contributed by atoms with E-state index in [1.807, 2.05) is 0 Å². The second-order valence-electron chi connectivity index (χ2n) is 0.695. The van der Waals surface area contributed by atoms with E-state index in [4.69, 9.17) is 0 Å². The topological polar surface area (TPSA) is 0 Å². The van der Waals surface area contributed by atoms with E-state index < -0.39 is 0 Å². The highest BCUT2D eigenvalue weighted by molar-refractivity contribution is 9.24. The Balaban J connectivity index is 3.20. The third-order valence-electron chi connectivity index (χ3n) is 0.253. The lowest BCUT2D eigenvalue weighted by atomic mass is 10.7. The zero-order chi connectivity index (χ0) is 4.99. The first-order valence-corrected chi connectivity index (χ1v) is 3.31. The van der Waals surface area contributed by atoms with E-state index in [1.54, 1.807) is 6.92 Å². The SMILES string of the molecule is CC#CC(Br)Br. The molecule has 0 fully saturated rings. The second kappa shape index (κ2) is 3.70.